The number of halogens is 2. The Bertz CT molecular complexity index is 1230. The van der Waals surface area contributed by atoms with Crippen molar-refractivity contribution in [3.8, 4) is 5.69 Å². The van der Waals surface area contributed by atoms with Gasteiger partial charge in [0.05, 0.1) is 10.7 Å². The Labute approximate surface area is 176 Å². The van der Waals surface area contributed by atoms with Crippen LogP contribution < -0.4 is 5.56 Å². The largest absolute Gasteiger partial charge is 0.300 e. The van der Waals surface area contributed by atoms with Gasteiger partial charge in [-0.3, -0.25) is 13.8 Å². The molecule has 5 nitrogen and oxygen atoms in total. The van der Waals surface area contributed by atoms with Gasteiger partial charge in [0.15, 0.2) is 5.16 Å². The molecule has 29 heavy (non-hydrogen) atoms. The zero-order chi connectivity index (χ0) is 20.6. The van der Waals surface area contributed by atoms with Crippen LogP contribution in [0, 0.1) is 0 Å². The van der Waals surface area contributed by atoms with E-state index in [4.69, 9.17) is 11.6 Å². The molecule has 2 aromatic carbocycles. The molecule has 0 spiro atoms. The zero-order valence-electron chi connectivity index (χ0n) is 15.8. The van der Waals surface area contributed by atoms with Gasteiger partial charge in [-0.05, 0) is 25.5 Å². The minimum atomic E-state index is -1.63. The molecule has 2 heterocycles. The third-order valence-corrected chi connectivity index (χ3v) is 5.94. The highest BCUT2D eigenvalue weighted by atomic mass is 35.5. The molecule has 0 amide bonds. The van der Waals surface area contributed by atoms with Crippen LogP contribution in [0.2, 0.25) is 5.02 Å². The van der Waals surface area contributed by atoms with Crippen LogP contribution in [-0.4, -0.2) is 19.2 Å². The summed E-state index contributed by atoms with van der Waals surface area (Å²) >= 11 is 7.92. The van der Waals surface area contributed by atoms with Gasteiger partial charge >= 0.3 is 5.56 Å². The molecule has 4 rings (SSSR count). The van der Waals surface area contributed by atoms with E-state index in [1.165, 1.54) is 30.2 Å². The summed E-state index contributed by atoms with van der Waals surface area (Å²) in [7, 11) is 0. The number of rotatable bonds is 5. The van der Waals surface area contributed by atoms with E-state index in [1.807, 2.05) is 30.3 Å². The van der Waals surface area contributed by atoms with E-state index in [2.05, 4.69) is 10.2 Å². The minimum Gasteiger partial charge on any atom is -0.278 e. The maximum atomic E-state index is 14.5. The molecule has 148 valence electrons. The first kappa shape index (κ1) is 19.7. The van der Waals surface area contributed by atoms with Crippen LogP contribution in [0.15, 0.2) is 70.9 Å². The summed E-state index contributed by atoms with van der Waals surface area (Å²) in [6, 6.07) is 15.0. The molecule has 0 fully saturated rings. The molecule has 0 saturated heterocycles. The van der Waals surface area contributed by atoms with Crippen LogP contribution in [0.4, 0.5) is 4.39 Å². The Kier molecular flexibility index (Phi) is 5.19. The Morgan fingerprint density at radius 3 is 2.55 bits per heavy atom. The van der Waals surface area contributed by atoms with Crippen molar-refractivity contribution in [2.24, 2.45) is 0 Å². The van der Waals surface area contributed by atoms with Crippen molar-refractivity contribution in [3.63, 3.8) is 0 Å². The summed E-state index contributed by atoms with van der Waals surface area (Å²) in [6.45, 7) is 2.86. The van der Waals surface area contributed by atoms with E-state index in [-0.39, 0.29) is 16.2 Å². The average molecular weight is 429 g/mol. The van der Waals surface area contributed by atoms with Crippen molar-refractivity contribution in [2.75, 3.05) is 0 Å². The first-order chi connectivity index (χ1) is 13.9. The number of fused-ring (bicyclic) bond motifs is 1. The van der Waals surface area contributed by atoms with Gasteiger partial charge < -0.3 is 0 Å². The fraction of sp³-hybridized carbons (Fsp3) is 0.190. The summed E-state index contributed by atoms with van der Waals surface area (Å²) in [6.07, 6.45) is 3.31. The van der Waals surface area contributed by atoms with Crippen LogP contribution in [0.5, 0.6) is 0 Å². The predicted molar refractivity (Wildman–Crippen MR) is 114 cm³/mol. The average Bonchev–Trinajstić information content (AvgIpc) is 3.11. The summed E-state index contributed by atoms with van der Waals surface area (Å²) in [5.74, 6) is 0.712. The highest BCUT2D eigenvalue weighted by Gasteiger charge is 2.24. The van der Waals surface area contributed by atoms with Gasteiger partial charge in [-0.15, -0.1) is 10.2 Å². The van der Waals surface area contributed by atoms with E-state index >= 15 is 0 Å². The van der Waals surface area contributed by atoms with E-state index in [0.717, 1.165) is 5.56 Å². The van der Waals surface area contributed by atoms with Crippen LogP contribution in [0.1, 0.15) is 25.0 Å². The lowest BCUT2D eigenvalue weighted by molar-refractivity contribution is 0.221. The molecule has 2 aromatic heterocycles. The van der Waals surface area contributed by atoms with Gasteiger partial charge in [0.2, 0.25) is 5.65 Å². The lowest BCUT2D eigenvalue weighted by atomic mass is 9.99. The smallest absolute Gasteiger partial charge is 0.278 e. The van der Waals surface area contributed by atoms with E-state index in [9.17, 15) is 9.18 Å². The van der Waals surface area contributed by atoms with Gasteiger partial charge in [0.1, 0.15) is 5.67 Å². The number of nitrogens with zero attached hydrogens (tertiary/aromatic N) is 4. The second kappa shape index (κ2) is 7.65. The normalized spacial score (nSPS) is 11.9. The second-order valence-corrected chi connectivity index (χ2v) is 8.36. The lowest BCUT2D eigenvalue weighted by Gasteiger charge is -2.19. The summed E-state index contributed by atoms with van der Waals surface area (Å²) in [4.78, 5) is 13.0. The molecule has 0 radical (unpaired) electrons. The van der Waals surface area contributed by atoms with Crippen molar-refractivity contribution in [2.45, 2.75) is 30.4 Å². The lowest BCUT2D eigenvalue weighted by Crippen LogP contribution is -2.21. The Hall–Kier alpha value is -2.64. The van der Waals surface area contributed by atoms with Gasteiger partial charge in [0.25, 0.3) is 0 Å². The third kappa shape index (κ3) is 3.80. The number of alkyl halides is 1. The van der Waals surface area contributed by atoms with E-state index in [1.54, 1.807) is 35.0 Å². The topological polar surface area (TPSA) is 52.2 Å². The van der Waals surface area contributed by atoms with Crippen molar-refractivity contribution in [1.82, 2.24) is 19.2 Å². The molecule has 0 saturated carbocycles. The fourth-order valence-electron chi connectivity index (χ4n) is 3.04. The maximum Gasteiger partial charge on any atom is 0.300 e. The third-order valence-electron chi connectivity index (χ3n) is 4.53. The highest BCUT2D eigenvalue weighted by molar-refractivity contribution is 7.98. The van der Waals surface area contributed by atoms with Crippen LogP contribution in [0.25, 0.3) is 11.3 Å². The SMILES string of the molecule is CC(C)(F)c1cccc(-n2ccn3c(SCc4ccccc4)nnc3c2=O)c1Cl. The van der Waals surface area contributed by atoms with E-state index < -0.39 is 5.67 Å². The first-order valence-electron chi connectivity index (χ1n) is 8.97. The van der Waals surface area contributed by atoms with Gasteiger partial charge in [-0.1, -0.05) is 65.8 Å². The molecule has 0 aliphatic heterocycles. The number of hydrogen-bond acceptors (Lipinski definition) is 4. The summed E-state index contributed by atoms with van der Waals surface area (Å²) < 4.78 is 17.5. The number of benzene rings is 2. The quantitative estimate of drug-likeness (QED) is 0.418. The zero-order valence-corrected chi connectivity index (χ0v) is 17.4. The molecule has 0 aliphatic rings. The Morgan fingerprint density at radius 2 is 1.83 bits per heavy atom. The molecule has 8 heteroatoms. The maximum absolute atomic E-state index is 14.5. The standard InChI is InChI=1S/C21H18ClFN4OS/c1-21(2,23)15-9-6-10-16(17(15)22)26-11-12-27-18(19(26)28)24-25-20(27)29-13-14-7-4-3-5-8-14/h3-12H,13H2,1-2H3. The number of hydrogen-bond donors (Lipinski definition) is 0. The van der Waals surface area contributed by atoms with Crippen LogP contribution in [0.3, 0.4) is 0 Å². The van der Waals surface area contributed by atoms with Crippen LogP contribution in [-0.2, 0) is 11.4 Å². The van der Waals surface area contributed by atoms with Crippen molar-refractivity contribution >= 4 is 29.0 Å². The first-order valence-corrected chi connectivity index (χ1v) is 10.3. The van der Waals surface area contributed by atoms with E-state index in [0.29, 0.717) is 22.2 Å². The molecule has 0 N–H and O–H groups in total. The minimum absolute atomic E-state index is 0.184. The Morgan fingerprint density at radius 1 is 1.07 bits per heavy atom. The molecule has 4 aromatic rings. The Balaban J connectivity index is 1.72. The van der Waals surface area contributed by atoms with Gasteiger partial charge in [0, 0.05) is 23.7 Å². The second-order valence-electron chi connectivity index (χ2n) is 7.03. The monoisotopic (exact) mass is 428 g/mol. The highest BCUT2D eigenvalue weighted by Crippen LogP contribution is 2.34. The molecular weight excluding hydrogens is 411 g/mol. The van der Waals surface area contributed by atoms with Crippen molar-refractivity contribution in [1.29, 1.82) is 0 Å². The molecule has 0 aliphatic carbocycles. The molecule has 0 atom stereocenters. The fourth-order valence-corrected chi connectivity index (χ4v) is 4.36. The van der Waals surface area contributed by atoms with Gasteiger partial charge in [-0.25, -0.2) is 4.39 Å². The number of thioether (sulfide) groups is 1. The molecule has 0 unspecified atom stereocenters. The van der Waals surface area contributed by atoms with Crippen molar-refractivity contribution < 1.29 is 4.39 Å². The van der Waals surface area contributed by atoms with Crippen molar-refractivity contribution in [3.05, 3.63) is 87.4 Å². The predicted octanol–water partition coefficient (Wildman–Crippen LogP) is 5.03. The molecule has 0 bridgehead atoms. The molecular formula is C21H18ClFN4OS. The van der Waals surface area contributed by atoms with Crippen LogP contribution >= 0.6 is 23.4 Å². The van der Waals surface area contributed by atoms with Gasteiger partial charge in [-0.2, -0.15) is 0 Å². The summed E-state index contributed by atoms with van der Waals surface area (Å²) in [5.41, 5.74) is 0.0657. The summed E-state index contributed by atoms with van der Waals surface area (Å²) in [5, 5.41) is 9.04. The number of aromatic nitrogens is 4.